The Morgan fingerprint density at radius 1 is 1.19 bits per heavy atom. The Labute approximate surface area is 130 Å². The van der Waals surface area contributed by atoms with Gasteiger partial charge in [0.1, 0.15) is 5.92 Å². The summed E-state index contributed by atoms with van der Waals surface area (Å²) in [5, 5.41) is 9.74. The number of rotatable bonds is 5. The fraction of sp³-hybridized carbons (Fsp3) is 0.222. The molecule has 106 valence electrons. The molecule has 21 heavy (non-hydrogen) atoms. The molecule has 2 nitrogen and oxygen atoms in total. The first kappa shape index (κ1) is 15.3. The summed E-state index contributed by atoms with van der Waals surface area (Å²) in [6, 6.07) is 17.2. The van der Waals surface area contributed by atoms with E-state index in [1.165, 1.54) is 5.56 Å². The van der Waals surface area contributed by atoms with Crippen LogP contribution in [0.2, 0.25) is 5.02 Å². The number of hydrogen-bond acceptors (Lipinski definition) is 2. The lowest BCUT2D eigenvalue weighted by Crippen LogP contribution is -2.12. The van der Waals surface area contributed by atoms with Gasteiger partial charge in [-0.2, -0.15) is 5.26 Å². The second-order valence-corrected chi connectivity index (χ2v) is 5.44. The maximum atomic E-state index is 12.3. The van der Waals surface area contributed by atoms with Gasteiger partial charge in [0.05, 0.1) is 6.07 Å². The summed E-state index contributed by atoms with van der Waals surface area (Å²) in [6.07, 6.45) is 0.980. The normalized spacial score (nSPS) is 11.7. The summed E-state index contributed by atoms with van der Waals surface area (Å²) in [7, 11) is 0. The van der Waals surface area contributed by atoms with Gasteiger partial charge in [-0.25, -0.2) is 0 Å². The monoisotopic (exact) mass is 297 g/mol. The molecule has 1 unspecified atom stereocenters. The van der Waals surface area contributed by atoms with Crippen molar-refractivity contribution in [2.24, 2.45) is 0 Å². The highest BCUT2D eigenvalue weighted by Gasteiger charge is 2.21. The third kappa shape index (κ3) is 3.93. The number of carbonyl (C=O) groups excluding carboxylic acids is 1. The second kappa shape index (κ2) is 7.06. The Hall–Kier alpha value is -2.11. The zero-order valence-corrected chi connectivity index (χ0v) is 12.6. The van der Waals surface area contributed by atoms with Crippen molar-refractivity contribution in [3.05, 3.63) is 70.2 Å². The van der Waals surface area contributed by atoms with Crippen LogP contribution in [0.15, 0.2) is 48.5 Å². The van der Waals surface area contributed by atoms with E-state index in [2.05, 4.69) is 6.07 Å². The summed E-state index contributed by atoms with van der Waals surface area (Å²) in [5.74, 6) is -0.879. The molecular weight excluding hydrogens is 282 g/mol. The standard InChI is InChI=1S/C18H16ClNO/c1-13-6-8-14(9-7-13)10-11-18(21)16(12-20)15-4-2-3-5-17(15)19/h2-9,16H,10-11H2,1H3. The fourth-order valence-electron chi connectivity index (χ4n) is 2.19. The molecule has 2 aromatic rings. The van der Waals surface area contributed by atoms with E-state index in [0.717, 1.165) is 5.56 Å². The SMILES string of the molecule is Cc1ccc(CCC(=O)C(C#N)c2ccccc2Cl)cc1. The molecule has 2 aromatic carbocycles. The van der Waals surface area contributed by atoms with Gasteiger partial charge in [0.15, 0.2) is 5.78 Å². The van der Waals surface area contributed by atoms with Crippen LogP contribution < -0.4 is 0 Å². The van der Waals surface area contributed by atoms with Crippen molar-refractivity contribution >= 4 is 17.4 Å². The molecule has 0 spiro atoms. The lowest BCUT2D eigenvalue weighted by molar-refractivity contribution is -0.119. The first-order valence-corrected chi connectivity index (χ1v) is 7.22. The summed E-state index contributed by atoms with van der Waals surface area (Å²) in [6.45, 7) is 2.03. The van der Waals surface area contributed by atoms with Crippen molar-refractivity contribution < 1.29 is 4.79 Å². The van der Waals surface area contributed by atoms with Crippen LogP contribution in [0.5, 0.6) is 0 Å². The van der Waals surface area contributed by atoms with Gasteiger partial charge < -0.3 is 0 Å². The lowest BCUT2D eigenvalue weighted by Gasteiger charge is -2.10. The quantitative estimate of drug-likeness (QED) is 0.817. The molecule has 0 aromatic heterocycles. The van der Waals surface area contributed by atoms with E-state index in [0.29, 0.717) is 23.4 Å². The van der Waals surface area contributed by atoms with Gasteiger partial charge in [0.25, 0.3) is 0 Å². The molecule has 0 aliphatic heterocycles. The van der Waals surface area contributed by atoms with Crippen LogP contribution >= 0.6 is 11.6 Å². The van der Waals surface area contributed by atoms with Crippen LogP contribution in [-0.2, 0) is 11.2 Å². The number of nitrogens with zero attached hydrogens (tertiary/aromatic N) is 1. The predicted octanol–water partition coefficient (Wildman–Crippen LogP) is 4.46. The van der Waals surface area contributed by atoms with Gasteiger partial charge in [-0.1, -0.05) is 59.6 Å². The van der Waals surface area contributed by atoms with Crippen molar-refractivity contribution in [2.75, 3.05) is 0 Å². The lowest BCUT2D eigenvalue weighted by atomic mass is 9.92. The predicted molar refractivity (Wildman–Crippen MR) is 84.3 cm³/mol. The van der Waals surface area contributed by atoms with Crippen LogP contribution in [0.1, 0.15) is 29.0 Å². The van der Waals surface area contributed by atoms with Gasteiger partial charge in [-0.05, 0) is 30.5 Å². The Bertz CT molecular complexity index is 670. The van der Waals surface area contributed by atoms with E-state index in [9.17, 15) is 10.1 Å². The fourth-order valence-corrected chi connectivity index (χ4v) is 2.44. The second-order valence-electron chi connectivity index (χ2n) is 5.04. The Balaban J connectivity index is 2.06. The Morgan fingerprint density at radius 2 is 1.86 bits per heavy atom. The van der Waals surface area contributed by atoms with Crippen molar-refractivity contribution in [3.8, 4) is 6.07 Å². The molecule has 0 bridgehead atoms. The number of nitriles is 1. The molecule has 2 rings (SSSR count). The van der Waals surface area contributed by atoms with E-state index in [1.54, 1.807) is 24.3 Å². The first-order chi connectivity index (χ1) is 10.1. The Morgan fingerprint density at radius 3 is 2.48 bits per heavy atom. The van der Waals surface area contributed by atoms with Crippen LogP contribution in [0, 0.1) is 18.3 Å². The van der Waals surface area contributed by atoms with Crippen LogP contribution in [0.25, 0.3) is 0 Å². The number of aryl methyl sites for hydroxylation is 2. The molecule has 0 aliphatic rings. The zero-order valence-electron chi connectivity index (χ0n) is 11.8. The van der Waals surface area contributed by atoms with Gasteiger partial charge in [-0.3, -0.25) is 4.79 Å². The molecule has 1 atom stereocenters. The minimum atomic E-state index is -0.788. The highest BCUT2D eigenvalue weighted by molar-refractivity contribution is 6.31. The minimum absolute atomic E-state index is 0.0915. The average molecular weight is 298 g/mol. The van der Waals surface area contributed by atoms with Gasteiger partial charge in [0.2, 0.25) is 0 Å². The smallest absolute Gasteiger partial charge is 0.154 e. The number of halogens is 1. The molecule has 0 saturated heterocycles. The summed E-state index contributed by atoms with van der Waals surface area (Å²) in [4.78, 5) is 12.3. The number of ketones is 1. The number of benzene rings is 2. The molecule has 0 saturated carbocycles. The molecule has 0 fully saturated rings. The minimum Gasteiger partial charge on any atom is -0.298 e. The van der Waals surface area contributed by atoms with E-state index in [1.807, 2.05) is 31.2 Å². The summed E-state index contributed by atoms with van der Waals surface area (Å²) in [5.41, 5.74) is 2.89. The zero-order chi connectivity index (χ0) is 15.2. The molecule has 0 amide bonds. The first-order valence-electron chi connectivity index (χ1n) is 6.84. The van der Waals surface area contributed by atoms with Crippen LogP contribution in [0.3, 0.4) is 0 Å². The van der Waals surface area contributed by atoms with Crippen molar-refractivity contribution in [1.82, 2.24) is 0 Å². The maximum Gasteiger partial charge on any atom is 0.154 e. The molecule has 0 radical (unpaired) electrons. The molecule has 0 aliphatic carbocycles. The van der Waals surface area contributed by atoms with Crippen LogP contribution in [-0.4, -0.2) is 5.78 Å². The highest BCUT2D eigenvalue weighted by atomic mass is 35.5. The maximum absolute atomic E-state index is 12.3. The summed E-state index contributed by atoms with van der Waals surface area (Å²) < 4.78 is 0. The molecule has 0 N–H and O–H groups in total. The van der Waals surface area contributed by atoms with E-state index in [4.69, 9.17) is 11.6 Å². The van der Waals surface area contributed by atoms with Crippen molar-refractivity contribution in [3.63, 3.8) is 0 Å². The largest absolute Gasteiger partial charge is 0.298 e. The Kier molecular flexibility index (Phi) is 5.14. The van der Waals surface area contributed by atoms with Gasteiger partial charge >= 0.3 is 0 Å². The van der Waals surface area contributed by atoms with Crippen molar-refractivity contribution in [2.45, 2.75) is 25.7 Å². The van der Waals surface area contributed by atoms with Crippen LogP contribution in [0.4, 0.5) is 0 Å². The molecular formula is C18H16ClNO. The van der Waals surface area contributed by atoms with Crippen molar-refractivity contribution in [1.29, 1.82) is 5.26 Å². The third-order valence-electron chi connectivity index (χ3n) is 3.45. The van der Waals surface area contributed by atoms with E-state index < -0.39 is 5.92 Å². The third-order valence-corrected chi connectivity index (χ3v) is 3.79. The summed E-state index contributed by atoms with van der Waals surface area (Å²) >= 11 is 6.07. The average Bonchev–Trinajstić information content (AvgIpc) is 2.49. The van der Waals surface area contributed by atoms with E-state index >= 15 is 0 Å². The number of Topliss-reactive ketones (excluding diaryl/α,β-unsaturated/α-hetero) is 1. The molecule has 3 heteroatoms. The highest BCUT2D eigenvalue weighted by Crippen LogP contribution is 2.26. The topological polar surface area (TPSA) is 40.9 Å². The van der Waals surface area contributed by atoms with Gasteiger partial charge in [-0.15, -0.1) is 0 Å². The number of hydrogen-bond donors (Lipinski definition) is 0. The van der Waals surface area contributed by atoms with E-state index in [-0.39, 0.29) is 5.78 Å². The molecule has 0 heterocycles. The van der Waals surface area contributed by atoms with Gasteiger partial charge in [0, 0.05) is 11.4 Å². The number of carbonyl (C=O) groups is 1.